The van der Waals surface area contributed by atoms with Crippen molar-refractivity contribution < 1.29 is 22.6 Å². The highest BCUT2D eigenvalue weighted by molar-refractivity contribution is 5.90. The minimum atomic E-state index is -4.61. The lowest BCUT2D eigenvalue weighted by atomic mass is 10.0. The van der Waals surface area contributed by atoms with Crippen LogP contribution >= 0.6 is 0 Å². The third-order valence-corrected chi connectivity index (χ3v) is 5.31. The number of fused-ring (bicyclic) bond motifs is 2. The van der Waals surface area contributed by atoms with Gasteiger partial charge in [-0.25, -0.2) is 9.97 Å². The fourth-order valence-electron chi connectivity index (χ4n) is 4.04. The number of ether oxygens (including phenoxy) is 2. The highest BCUT2D eigenvalue weighted by atomic mass is 19.4. The van der Waals surface area contributed by atoms with Gasteiger partial charge in [0.05, 0.1) is 11.6 Å². The summed E-state index contributed by atoms with van der Waals surface area (Å²) in [5.41, 5.74) is 1.26. The fraction of sp³-hybridized carbons (Fsp3) is 0.333. The van der Waals surface area contributed by atoms with Crippen molar-refractivity contribution in [1.29, 1.82) is 0 Å². The van der Waals surface area contributed by atoms with Gasteiger partial charge in [0.2, 0.25) is 5.82 Å². The van der Waals surface area contributed by atoms with E-state index in [9.17, 15) is 13.2 Å². The van der Waals surface area contributed by atoms with Crippen molar-refractivity contribution >= 4 is 16.7 Å². The molecule has 2 aromatic carbocycles. The SMILES string of the molecule is FC(F)(F)c1nc(N2CCC[C@@H]2c2ccc3c(c2)OCCO3)c2ccccc2n1. The Morgan fingerprint density at radius 1 is 0.966 bits per heavy atom. The Kier molecular flexibility index (Phi) is 4.22. The smallest absolute Gasteiger partial charge is 0.451 e. The zero-order valence-corrected chi connectivity index (χ0v) is 15.4. The minimum absolute atomic E-state index is 0.0924. The molecule has 2 aliphatic rings. The van der Waals surface area contributed by atoms with Crippen LogP contribution in [0.15, 0.2) is 42.5 Å². The highest BCUT2D eigenvalue weighted by Crippen LogP contribution is 2.42. The van der Waals surface area contributed by atoms with E-state index in [4.69, 9.17) is 9.47 Å². The average Bonchev–Trinajstić information content (AvgIpc) is 3.21. The van der Waals surface area contributed by atoms with Crippen molar-refractivity contribution in [1.82, 2.24) is 9.97 Å². The largest absolute Gasteiger partial charge is 0.486 e. The minimum Gasteiger partial charge on any atom is -0.486 e. The van der Waals surface area contributed by atoms with Gasteiger partial charge in [-0.05, 0) is 42.7 Å². The molecule has 1 aromatic heterocycles. The lowest BCUT2D eigenvalue weighted by Crippen LogP contribution is -2.26. The molecule has 3 heterocycles. The van der Waals surface area contributed by atoms with Gasteiger partial charge in [-0.1, -0.05) is 18.2 Å². The van der Waals surface area contributed by atoms with Crippen LogP contribution in [0, 0.1) is 0 Å². The van der Waals surface area contributed by atoms with Gasteiger partial charge >= 0.3 is 6.18 Å². The summed E-state index contributed by atoms with van der Waals surface area (Å²) in [6.07, 6.45) is -2.93. The number of hydrogen-bond donors (Lipinski definition) is 0. The van der Waals surface area contributed by atoms with Crippen molar-refractivity contribution in [3.63, 3.8) is 0 Å². The number of benzene rings is 2. The van der Waals surface area contributed by atoms with Gasteiger partial charge in [0, 0.05) is 11.9 Å². The van der Waals surface area contributed by atoms with Gasteiger partial charge < -0.3 is 14.4 Å². The number of alkyl halides is 3. The van der Waals surface area contributed by atoms with Gasteiger partial charge in [0.15, 0.2) is 11.5 Å². The highest BCUT2D eigenvalue weighted by Gasteiger charge is 2.37. The Labute approximate surface area is 165 Å². The molecule has 150 valence electrons. The van der Waals surface area contributed by atoms with E-state index in [0.717, 1.165) is 18.4 Å². The maximum Gasteiger partial charge on any atom is 0.451 e. The molecule has 2 aliphatic heterocycles. The fourth-order valence-corrected chi connectivity index (χ4v) is 4.04. The maximum absolute atomic E-state index is 13.4. The third kappa shape index (κ3) is 3.22. The third-order valence-electron chi connectivity index (χ3n) is 5.31. The molecule has 0 radical (unpaired) electrons. The number of hydrogen-bond acceptors (Lipinski definition) is 5. The zero-order chi connectivity index (χ0) is 20.0. The molecule has 0 saturated carbocycles. The molecule has 1 atom stereocenters. The van der Waals surface area contributed by atoms with Crippen molar-refractivity contribution in [2.45, 2.75) is 25.1 Å². The number of nitrogens with zero attached hydrogens (tertiary/aromatic N) is 3. The number of halogens is 3. The van der Waals surface area contributed by atoms with Crippen LogP contribution in [0.1, 0.15) is 30.3 Å². The summed E-state index contributed by atoms with van der Waals surface area (Å²) in [6.45, 7) is 1.61. The Morgan fingerprint density at radius 3 is 2.59 bits per heavy atom. The molecular formula is C21H18F3N3O2. The van der Waals surface area contributed by atoms with Crippen LogP contribution in [-0.4, -0.2) is 29.7 Å². The molecule has 8 heteroatoms. The van der Waals surface area contributed by atoms with Crippen LogP contribution in [0.3, 0.4) is 0 Å². The molecule has 0 aliphatic carbocycles. The average molecular weight is 401 g/mol. The lowest BCUT2D eigenvalue weighted by molar-refractivity contribution is -0.144. The topological polar surface area (TPSA) is 47.5 Å². The van der Waals surface area contributed by atoms with E-state index >= 15 is 0 Å². The van der Waals surface area contributed by atoms with E-state index in [1.54, 1.807) is 24.3 Å². The van der Waals surface area contributed by atoms with Gasteiger partial charge in [-0.15, -0.1) is 0 Å². The summed E-state index contributed by atoms with van der Waals surface area (Å²) in [5.74, 6) is 0.569. The summed E-state index contributed by atoms with van der Waals surface area (Å²) in [4.78, 5) is 9.64. The molecule has 3 aromatic rings. The molecule has 5 rings (SSSR count). The molecule has 1 saturated heterocycles. The van der Waals surface area contributed by atoms with Crippen LogP contribution < -0.4 is 14.4 Å². The molecule has 1 fully saturated rings. The Bertz CT molecular complexity index is 1070. The van der Waals surface area contributed by atoms with Crippen molar-refractivity contribution in [3.8, 4) is 11.5 Å². The van der Waals surface area contributed by atoms with Gasteiger partial charge in [0.25, 0.3) is 0 Å². The van der Waals surface area contributed by atoms with Crippen molar-refractivity contribution in [3.05, 3.63) is 53.9 Å². The predicted molar refractivity (Wildman–Crippen MR) is 101 cm³/mol. The van der Waals surface area contributed by atoms with Crippen LogP contribution in [0.4, 0.5) is 19.0 Å². The second-order valence-corrected chi connectivity index (χ2v) is 7.14. The molecular weight excluding hydrogens is 383 g/mol. The van der Waals surface area contributed by atoms with Crippen LogP contribution in [-0.2, 0) is 6.18 Å². The first-order valence-electron chi connectivity index (χ1n) is 9.51. The van der Waals surface area contributed by atoms with Crippen LogP contribution in [0.25, 0.3) is 10.9 Å². The zero-order valence-electron chi connectivity index (χ0n) is 15.4. The summed E-state index contributed by atoms with van der Waals surface area (Å²) >= 11 is 0. The molecule has 0 unspecified atom stereocenters. The normalized spacial score (nSPS) is 19.0. The number of para-hydroxylation sites is 1. The quantitative estimate of drug-likeness (QED) is 0.620. The standard InChI is InChI=1S/C21H18F3N3O2/c22-21(23,24)20-25-15-5-2-1-4-14(15)19(26-20)27-9-3-6-16(27)13-7-8-17-18(12-13)29-11-10-28-17/h1-2,4-5,7-8,12,16H,3,6,9-11H2/t16-/m1/s1. The molecule has 0 spiro atoms. The summed E-state index contributed by atoms with van der Waals surface area (Å²) in [7, 11) is 0. The van der Waals surface area contributed by atoms with Gasteiger partial charge in [0.1, 0.15) is 19.0 Å². The van der Waals surface area contributed by atoms with Crippen molar-refractivity contribution in [2.75, 3.05) is 24.7 Å². The molecule has 0 amide bonds. The monoisotopic (exact) mass is 401 g/mol. The first kappa shape index (κ1) is 18.0. The second kappa shape index (κ2) is 6.79. The van der Waals surface area contributed by atoms with Crippen molar-refractivity contribution in [2.24, 2.45) is 0 Å². The molecule has 5 nitrogen and oxygen atoms in total. The molecule has 29 heavy (non-hydrogen) atoms. The lowest BCUT2D eigenvalue weighted by Gasteiger charge is -2.28. The van der Waals surface area contributed by atoms with E-state index in [1.807, 2.05) is 23.1 Å². The Balaban J connectivity index is 1.60. The second-order valence-electron chi connectivity index (χ2n) is 7.14. The van der Waals surface area contributed by atoms with E-state index in [2.05, 4.69) is 9.97 Å². The summed E-state index contributed by atoms with van der Waals surface area (Å²) < 4.78 is 51.5. The van der Waals surface area contributed by atoms with E-state index in [1.165, 1.54) is 0 Å². The van der Waals surface area contributed by atoms with Gasteiger partial charge in [-0.2, -0.15) is 13.2 Å². The van der Waals surface area contributed by atoms with Crippen LogP contribution in [0.5, 0.6) is 11.5 Å². The first-order chi connectivity index (χ1) is 14.0. The number of aromatic nitrogens is 2. The maximum atomic E-state index is 13.4. The molecule has 0 bridgehead atoms. The Morgan fingerprint density at radius 2 is 1.76 bits per heavy atom. The summed E-state index contributed by atoms with van der Waals surface area (Å²) in [5, 5.41) is 0.616. The van der Waals surface area contributed by atoms with E-state index in [0.29, 0.717) is 42.5 Å². The van der Waals surface area contributed by atoms with Crippen LogP contribution in [0.2, 0.25) is 0 Å². The first-order valence-corrected chi connectivity index (χ1v) is 9.51. The predicted octanol–water partition coefficient (Wildman–Crippen LogP) is 4.76. The molecule has 0 N–H and O–H groups in total. The van der Waals surface area contributed by atoms with E-state index in [-0.39, 0.29) is 11.6 Å². The summed E-state index contributed by atoms with van der Waals surface area (Å²) in [6, 6.07) is 12.5. The Hall–Kier alpha value is -3.03. The van der Waals surface area contributed by atoms with Gasteiger partial charge in [-0.3, -0.25) is 0 Å². The number of anilines is 1. The number of rotatable bonds is 2. The van der Waals surface area contributed by atoms with E-state index < -0.39 is 12.0 Å².